The lowest BCUT2D eigenvalue weighted by atomic mass is 10.00. The Morgan fingerprint density at radius 3 is 2.74 bits per heavy atom. The van der Waals surface area contributed by atoms with Crippen molar-refractivity contribution in [3.05, 3.63) is 47.9 Å². The highest BCUT2D eigenvalue weighted by molar-refractivity contribution is 5.94. The molecular formula is C18H22N4O. The third kappa shape index (κ3) is 3.86. The van der Waals surface area contributed by atoms with Gasteiger partial charge >= 0.3 is 0 Å². The standard InChI is InChI=1S/C18H22N4O/c1-13-4-3-9-22(12-13)18(23)15-6-8-17(20-10-15)21-16-7-5-14(2)19-11-16/h5-8,10-11,13H,3-4,9,12H2,1-2H3,(H,20,21)/t13-/m0/s1. The Balaban J connectivity index is 1.66. The van der Waals surface area contributed by atoms with Crippen molar-refractivity contribution in [1.82, 2.24) is 14.9 Å². The molecule has 0 radical (unpaired) electrons. The van der Waals surface area contributed by atoms with Crippen molar-refractivity contribution in [1.29, 1.82) is 0 Å². The number of hydrogen-bond acceptors (Lipinski definition) is 4. The van der Waals surface area contributed by atoms with Crippen LogP contribution in [-0.2, 0) is 0 Å². The van der Waals surface area contributed by atoms with Crippen molar-refractivity contribution < 1.29 is 4.79 Å². The van der Waals surface area contributed by atoms with Gasteiger partial charge in [-0.25, -0.2) is 4.98 Å². The zero-order valence-corrected chi connectivity index (χ0v) is 13.6. The van der Waals surface area contributed by atoms with Crippen LogP contribution < -0.4 is 5.32 Å². The van der Waals surface area contributed by atoms with Crippen LogP contribution in [0.25, 0.3) is 0 Å². The molecule has 1 atom stereocenters. The second-order valence-corrected chi connectivity index (χ2v) is 6.24. The maximum absolute atomic E-state index is 12.5. The fraction of sp³-hybridized carbons (Fsp3) is 0.389. The Hall–Kier alpha value is -2.43. The van der Waals surface area contributed by atoms with Crippen LogP contribution in [-0.4, -0.2) is 33.9 Å². The van der Waals surface area contributed by atoms with Gasteiger partial charge in [0, 0.05) is 25.0 Å². The fourth-order valence-corrected chi connectivity index (χ4v) is 2.84. The zero-order chi connectivity index (χ0) is 16.2. The molecular weight excluding hydrogens is 288 g/mol. The van der Waals surface area contributed by atoms with Gasteiger partial charge in [-0.15, -0.1) is 0 Å². The van der Waals surface area contributed by atoms with Gasteiger partial charge in [0.15, 0.2) is 0 Å². The highest BCUT2D eigenvalue weighted by Gasteiger charge is 2.22. The average molecular weight is 310 g/mol. The van der Waals surface area contributed by atoms with E-state index in [1.807, 2.05) is 36.1 Å². The summed E-state index contributed by atoms with van der Waals surface area (Å²) in [6.07, 6.45) is 5.70. The largest absolute Gasteiger partial charge is 0.339 e. The summed E-state index contributed by atoms with van der Waals surface area (Å²) in [7, 11) is 0. The molecule has 0 aliphatic carbocycles. The minimum absolute atomic E-state index is 0.0765. The Labute approximate surface area is 136 Å². The van der Waals surface area contributed by atoms with Gasteiger partial charge in [-0.2, -0.15) is 0 Å². The SMILES string of the molecule is Cc1ccc(Nc2ccc(C(=O)N3CCC[C@H](C)C3)cn2)cn1. The molecule has 3 heterocycles. The van der Waals surface area contributed by atoms with Crippen LogP contribution in [0.3, 0.4) is 0 Å². The van der Waals surface area contributed by atoms with E-state index in [1.54, 1.807) is 12.4 Å². The summed E-state index contributed by atoms with van der Waals surface area (Å²) in [4.78, 5) is 23.0. The fourth-order valence-electron chi connectivity index (χ4n) is 2.84. The van der Waals surface area contributed by atoms with Crippen LogP contribution in [0.5, 0.6) is 0 Å². The van der Waals surface area contributed by atoms with Gasteiger partial charge in [0.1, 0.15) is 5.82 Å². The number of aromatic nitrogens is 2. The molecule has 1 aliphatic rings. The summed E-state index contributed by atoms with van der Waals surface area (Å²) in [5.74, 6) is 1.36. The Morgan fingerprint density at radius 1 is 1.22 bits per heavy atom. The number of nitrogens with one attached hydrogen (secondary N) is 1. The maximum atomic E-state index is 12.5. The lowest BCUT2D eigenvalue weighted by molar-refractivity contribution is 0.0682. The van der Waals surface area contributed by atoms with E-state index in [4.69, 9.17) is 0 Å². The van der Waals surface area contributed by atoms with Gasteiger partial charge in [-0.3, -0.25) is 9.78 Å². The van der Waals surface area contributed by atoms with Gasteiger partial charge in [-0.1, -0.05) is 6.92 Å². The van der Waals surface area contributed by atoms with Crippen molar-refractivity contribution in [2.45, 2.75) is 26.7 Å². The molecule has 3 rings (SSSR count). The minimum Gasteiger partial charge on any atom is -0.339 e. The summed E-state index contributed by atoms with van der Waals surface area (Å²) in [5.41, 5.74) is 2.50. The van der Waals surface area contributed by atoms with Crippen LogP contribution in [0.1, 0.15) is 35.8 Å². The molecule has 5 heteroatoms. The molecule has 5 nitrogen and oxygen atoms in total. The molecule has 0 unspecified atom stereocenters. The molecule has 0 saturated carbocycles. The number of aryl methyl sites for hydroxylation is 1. The highest BCUT2D eigenvalue weighted by Crippen LogP contribution is 2.19. The van der Waals surface area contributed by atoms with Crippen LogP contribution in [0.2, 0.25) is 0 Å². The van der Waals surface area contributed by atoms with Crippen LogP contribution in [0, 0.1) is 12.8 Å². The normalized spacial score (nSPS) is 17.8. The monoisotopic (exact) mass is 310 g/mol. The van der Waals surface area contributed by atoms with Gasteiger partial charge in [-0.05, 0) is 49.9 Å². The predicted molar refractivity (Wildman–Crippen MR) is 90.8 cm³/mol. The van der Waals surface area contributed by atoms with Gasteiger partial charge in [0.25, 0.3) is 5.91 Å². The summed E-state index contributed by atoms with van der Waals surface area (Å²) >= 11 is 0. The second kappa shape index (κ2) is 6.77. The van der Waals surface area contributed by atoms with Gasteiger partial charge < -0.3 is 10.2 Å². The number of hydrogen-bond donors (Lipinski definition) is 1. The second-order valence-electron chi connectivity index (χ2n) is 6.24. The lowest BCUT2D eigenvalue weighted by Crippen LogP contribution is -2.39. The number of anilines is 2. The van der Waals surface area contributed by atoms with Crippen LogP contribution >= 0.6 is 0 Å². The molecule has 1 amide bonds. The Bertz CT molecular complexity index is 666. The van der Waals surface area contributed by atoms with Crippen LogP contribution in [0.15, 0.2) is 36.7 Å². The zero-order valence-electron chi connectivity index (χ0n) is 13.6. The molecule has 2 aromatic rings. The van der Waals surface area contributed by atoms with Crippen LogP contribution in [0.4, 0.5) is 11.5 Å². The first-order chi connectivity index (χ1) is 11.1. The smallest absolute Gasteiger partial charge is 0.255 e. The molecule has 1 aliphatic heterocycles. The molecule has 23 heavy (non-hydrogen) atoms. The first-order valence-corrected chi connectivity index (χ1v) is 8.07. The third-order valence-electron chi connectivity index (χ3n) is 4.14. The van der Waals surface area contributed by atoms with E-state index in [2.05, 4.69) is 22.2 Å². The van der Waals surface area contributed by atoms with E-state index in [9.17, 15) is 4.79 Å². The summed E-state index contributed by atoms with van der Waals surface area (Å²) in [5, 5.41) is 3.19. The number of nitrogens with zero attached hydrogens (tertiary/aromatic N) is 3. The van der Waals surface area contributed by atoms with E-state index in [0.29, 0.717) is 17.3 Å². The topological polar surface area (TPSA) is 58.1 Å². The highest BCUT2D eigenvalue weighted by atomic mass is 16.2. The van der Waals surface area contributed by atoms with E-state index in [0.717, 1.165) is 30.9 Å². The van der Waals surface area contributed by atoms with Crippen molar-refractivity contribution in [3.63, 3.8) is 0 Å². The van der Waals surface area contributed by atoms with Crippen molar-refractivity contribution in [3.8, 4) is 0 Å². The summed E-state index contributed by atoms with van der Waals surface area (Å²) in [6, 6.07) is 7.56. The predicted octanol–water partition coefficient (Wildman–Crippen LogP) is 3.40. The quantitative estimate of drug-likeness (QED) is 0.944. The Morgan fingerprint density at radius 2 is 2.09 bits per heavy atom. The number of likely N-dealkylation sites (tertiary alicyclic amines) is 1. The third-order valence-corrected chi connectivity index (χ3v) is 4.14. The number of piperidine rings is 1. The molecule has 0 spiro atoms. The van der Waals surface area contributed by atoms with E-state index in [-0.39, 0.29) is 5.91 Å². The molecule has 0 aromatic carbocycles. The molecule has 2 aromatic heterocycles. The number of carbonyl (C=O) groups excluding carboxylic acids is 1. The maximum Gasteiger partial charge on any atom is 0.255 e. The molecule has 0 bridgehead atoms. The minimum atomic E-state index is 0.0765. The average Bonchev–Trinajstić information content (AvgIpc) is 2.57. The first-order valence-electron chi connectivity index (χ1n) is 8.07. The first kappa shape index (κ1) is 15.5. The van der Waals surface area contributed by atoms with Gasteiger partial charge in [0.2, 0.25) is 0 Å². The lowest BCUT2D eigenvalue weighted by Gasteiger charge is -2.30. The summed E-state index contributed by atoms with van der Waals surface area (Å²) < 4.78 is 0. The van der Waals surface area contributed by atoms with Crippen molar-refractivity contribution in [2.24, 2.45) is 5.92 Å². The van der Waals surface area contributed by atoms with E-state index >= 15 is 0 Å². The summed E-state index contributed by atoms with van der Waals surface area (Å²) in [6.45, 7) is 5.83. The number of carbonyl (C=O) groups is 1. The number of rotatable bonds is 3. The van der Waals surface area contributed by atoms with Crippen molar-refractivity contribution >= 4 is 17.4 Å². The molecule has 1 fully saturated rings. The number of pyridine rings is 2. The molecule has 120 valence electrons. The van der Waals surface area contributed by atoms with Crippen molar-refractivity contribution in [2.75, 3.05) is 18.4 Å². The van der Waals surface area contributed by atoms with E-state index in [1.165, 1.54) is 6.42 Å². The van der Waals surface area contributed by atoms with E-state index < -0.39 is 0 Å². The van der Waals surface area contributed by atoms with Gasteiger partial charge in [0.05, 0.1) is 17.4 Å². The molecule has 1 saturated heterocycles. The molecule has 1 N–H and O–H groups in total. The number of amides is 1. The Kier molecular flexibility index (Phi) is 4.55.